The summed E-state index contributed by atoms with van der Waals surface area (Å²) in [5.74, 6) is 0.0518. The second-order valence-electron chi connectivity index (χ2n) is 8.35. The second-order valence-corrected chi connectivity index (χ2v) is 9.27. The summed E-state index contributed by atoms with van der Waals surface area (Å²) in [7, 11) is 0. The highest BCUT2D eigenvalue weighted by molar-refractivity contribution is 9.10. The number of carbonyl (C=O) groups excluding carboxylic acids is 1. The number of nitrogens with zero attached hydrogens (tertiary/aromatic N) is 1. The molecule has 3 aromatic carbocycles. The van der Waals surface area contributed by atoms with Gasteiger partial charge in [-0.05, 0) is 61.7 Å². The molecular formula is C25H24BrNO. The summed E-state index contributed by atoms with van der Waals surface area (Å²) in [4.78, 5) is 15.5. The number of amides is 1. The highest BCUT2D eigenvalue weighted by Gasteiger charge is 2.47. The van der Waals surface area contributed by atoms with Crippen molar-refractivity contribution >= 4 is 27.5 Å². The first-order valence-corrected chi connectivity index (χ1v) is 10.4. The first kappa shape index (κ1) is 18.9. The Labute approximate surface area is 175 Å². The highest BCUT2D eigenvalue weighted by atomic mass is 79.9. The molecule has 0 saturated heterocycles. The number of hydrogen-bond donors (Lipinski definition) is 0. The lowest BCUT2D eigenvalue weighted by atomic mass is 9.65. The van der Waals surface area contributed by atoms with Crippen molar-refractivity contribution < 1.29 is 4.79 Å². The van der Waals surface area contributed by atoms with Crippen LogP contribution in [-0.4, -0.2) is 11.4 Å². The molecular weight excluding hydrogens is 410 g/mol. The van der Waals surface area contributed by atoms with E-state index in [-0.39, 0.29) is 16.9 Å². The standard InChI is InChI=1S/C25H24BrNO/c1-24(2)17-25(3,19-13-15-20(26)16-14-19)21-11-7-8-12-22(21)27(24)23(28)18-9-5-4-6-10-18/h4-16H,17H2,1-3H3/t25-/m0/s1. The van der Waals surface area contributed by atoms with E-state index in [1.807, 2.05) is 41.3 Å². The third kappa shape index (κ3) is 3.08. The third-order valence-corrected chi connectivity index (χ3v) is 6.36. The summed E-state index contributed by atoms with van der Waals surface area (Å²) >= 11 is 3.54. The van der Waals surface area contributed by atoms with Crippen molar-refractivity contribution in [2.75, 3.05) is 4.90 Å². The van der Waals surface area contributed by atoms with Crippen LogP contribution in [0.2, 0.25) is 0 Å². The van der Waals surface area contributed by atoms with Crippen molar-refractivity contribution in [1.29, 1.82) is 0 Å². The van der Waals surface area contributed by atoms with Crippen LogP contribution < -0.4 is 4.90 Å². The minimum Gasteiger partial charge on any atom is -0.302 e. The van der Waals surface area contributed by atoms with Gasteiger partial charge in [-0.1, -0.05) is 71.4 Å². The number of fused-ring (bicyclic) bond motifs is 1. The van der Waals surface area contributed by atoms with Crippen molar-refractivity contribution in [1.82, 2.24) is 0 Å². The third-order valence-electron chi connectivity index (χ3n) is 5.84. The lowest BCUT2D eigenvalue weighted by Crippen LogP contribution is -2.55. The summed E-state index contributed by atoms with van der Waals surface area (Å²) < 4.78 is 1.07. The molecule has 0 bridgehead atoms. The summed E-state index contributed by atoms with van der Waals surface area (Å²) in [6.07, 6.45) is 0.844. The van der Waals surface area contributed by atoms with Crippen molar-refractivity contribution in [3.63, 3.8) is 0 Å². The van der Waals surface area contributed by atoms with Gasteiger partial charge in [0.1, 0.15) is 0 Å². The molecule has 0 aromatic heterocycles. The molecule has 1 amide bonds. The van der Waals surface area contributed by atoms with Gasteiger partial charge in [-0.25, -0.2) is 0 Å². The van der Waals surface area contributed by atoms with E-state index in [1.54, 1.807) is 0 Å². The quantitative estimate of drug-likeness (QED) is 0.446. The van der Waals surface area contributed by atoms with E-state index in [1.165, 1.54) is 11.1 Å². The molecule has 0 radical (unpaired) electrons. The first-order valence-electron chi connectivity index (χ1n) is 9.58. The number of rotatable bonds is 2. The largest absolute Gasteiger partial charge is 0.302 e. The van der Waals surface area contributed by atoms with Crippen LogP contribution in [0.3, 0.4) is 0 Å². The molecule has 2 nitrogen and oxygen atoms in total. The van der Waals surface area contributed by atoms with Gasteiger partial charge >= 0.3 is 0 Å². The Hall–Kier alpha value is -2.39. The minimum absolute atomic E-state index is 0.0518. The van der Waals surface area contributed by atoms with E-state index >= 15 is 0 Å². The number of carbonyl (C=O) groups is 1. The summed E-state index contributed by atoms with van der Waals surface area (Å²) in [6, 6.07) is 26.5. The maximum Gasteiger partial charge on any atom is 0.258 e. The van der Waals surface area contributed by atoms with E-state index < -0.39 is 0 Å². The lowest BCUT2D eigenvalue weighted by Gasteiger charge is -2.51. The molecule has 1 aliphatic rings. The normalized spacial score (nSPS) is 20.5. The Morgan fingerprint density at radius 3 is 2.14 bits per heavy atom. The topological polar surface area (TPSA) is 20.3 Å². The van der Waals surface area contributed by atoms with Gasteiger partial charge in [0.15, 0.2) is 0 Å². The van der Waals surface area contributed by atoms with E-state index in [0.717, 1.165) is 22.1 Å². The number of anilines is 1. The number of halogens is 1. The van der Waals surface area contributed by atoms with Crippen LogP contribution >= 0.6 is 15.9 Å². The fourth-order valence-corrected chi connectivity index (χ4v) is 4.93. The van der Waals surface area contributed by atoms with Crippen LogP contribution in [0.5, 0.6) is 0 Å². The SMILES string of the molecule is CC1(C)C[C@@](C)(c2ccc(Br)cc2)c2ccccc2N1C(=O)c1ccccc1. The van der Waals surface area contributed by atoms with Gasteiger partial charge in [0, 0.05) is 26.7 Å². The van der Waals surface area contributed by atoms with Gasteiger partial charge < -0.3 is 4.90 Å². The van der Waals surface area contributed by atoms with Crippen molar-refractivity contribution in [3.05, 3.63) is 100 Å². The van der Waals surface area contributed by atoms with Crippen LogP contribution in [0.25, 0.3) is 0 Å². The molecule has 1 atom stereocenters. The second kappa shape index (κ2) is 6.89. The molecule has 0 aliphatic carbocycles. The van der Waals surface area contributed by atoms with Crippen LogP contribution in [-0.2, 0) is 5.41 Å². The van der Waals surface area contributed by atoms with E-state index in [9.17, 15) is 4.79 Å². The summed E-state index contributed by atoms with van der Waals surface area (Å²) in [6.45, 7) is 6.63. The van der Waals surface area contributed by atoms with Crippen molar-refractivity contribution in [3.8, 4) is 0 Å². The highest BCUT2D eigenvalue weighted by Crippen LogP contribution is 2.50. The molecule has 3 aromatic rings. The smallest absolute Gasteiger partial charge is 0.258 e. The molecule has 142 valence electrons. The van der Waals surface area contributed by atoms with Gasteiger partial charge in [-0.3, -0.25) is 4.79 Å². The zero-order valence-corrected chi connectivity index (χ0v) is 18.0. The average molecular weight is 434 g/mol. The summed E-state index contributed by atoms with van der Waals surface area (Å²) in [5.41, 5.74) is 3.68. The molecule has 0 spiro atoms. The molecule has 0 unspecified atom stereocenters. The molecule has 0 fully saturated rings. The number of benzene rings is 3. The molecule has 4 rings (SSSR count). The molecule has 28 heavy (non-hydrogen) atoms. The zero-order valence-electron chi connectivity index (χ0n) is 16.4. The number of hydrogen-bond acceptors (Lipinski definition) is 1. The molecule has 0 N–H and O–H groups in total. The Bertz CT molecular complexity index is 1010. The predicted octanol–water partition coefficient (Wildman–Crippen LogP) is 6.58. The summed E-state index contributed by atoms with van der Waals surface area (Å²) in [5, 5.41) is 0. The fourth-order valence-electron chi connectivity index (χ4n) is 4.67. The Morgan fingerprint density at radius 1 is 0.857 bits per heavy atom. The van der Waals surface area contributed by atoms with E-state index in [4.69, 9.17) is 0 Å². The van der Waals surface area contributed by atoms with Gasteiger partial charge in [0.2, 0.25) is 0 Å². The number of para-hydroxylation sites is 1. The molecule has 1 heterocycles. The average Bonchev–Trinajstić information content (AvgIpc) is 2.68. The Balaban J connectivity index is 1.89. The van der Waals surface area contributed by atoms with Crippen molar-refractivity contribution in [2.45, 2.75) is 38.1 Å². The van der Waals surface area contributed by atoms with Crippen LogP contribution in [0.15, 0.2) is 83.3 Å². The maximum atomic E-state index is 13.5. The maximum absolute atomic E-state index is 13.5. The minimum atomic E-state index is -0.330. The van der Waals surface area contributed by atoms with Crippen LogP contribution in [0.4, 0.5) is 5.69 Å². The van der Waals surface area contributed by atoms with Crippen molar-refractivity contribution in [2.24, 2.45) is 0 Å². The molecule has 0 saturated carbocycles. The lowest BCUT2D eigenvalue weighted by molar-refractivity contribution is 0.0948. The predicted molar refractivity (Wildman–Crippen MR) is 119 cm³/mol. The molecule has 3 heteroatoms. The van der Waals surface area contributed by atoms with Gasteiger partial charge in [0.25, 0.3) is 5.91 Å². The van der Waals surface area contributed by atoms with Gasteiger partial charge in [-0.2, -0.15) is 0 Å². The van der Waals surface area contributed by atoms with Gasteiger partial charge in [0.05, 0.1) is 0 Å². The fraction of sp³-hybridized carbons (Fsp3) is 0.240. The Kier molecular flexibility index (Phi) is 4.67. The monoisotopic (exact) mass is 433 g/mol. The Morgan fingerprint density at radius 2 is 1.46 bits per heavy atom. The van der Waals surface area contributed by atoms with Crippen LogP contribution in [0, 0.1) is 0 Å². The first-order chi connectivity index (χ1) is 13.3. The van der Waals surface area contributed by atoms with E-state index in [0.29, 0.717) is 0 Å². The zero-order chi connectivity index (χ0) is 19.9. The van der Waals surface area contributed by atoms with Gasteiger partial charge in [-0.15, -0.1) is 0 Å². The molecule has 1 aliphatic heterocycles. The van der Waals surface area contributed by atoms with E-state index in [2.05, 4.69) is 79.2 Å². The van der Waals surface area contributed by atoms with Crippen LogP contribution in [0.1, 0.15) is 48.7 Å².